The lowest BCUT2D eigenvalue weighted by molar-refractivity contribution is 0.00578. The molecule has 4 aromatic rings. The van der Waals surface area contributed by atoms with Gasteiger partial charge in [0, 0.05) is 34.7 Å². The van der Waals surface area contributed by atoms with E-state index < -0.39 is 35.5 Å². The zero-order valence-corrected chi connectivity index (χ0v) is 27.1. The van der Waals surface area contributed by atoms with Crippen LogP contribution in [0.2, 0.25) is 5.02 Å². The van der Waals surface area contributed by atoms with Gasteiger partial charge in [0.2, 0.25) is 0 Å². The summed E-state index contributed by atoms with van der Waals surface area (Å²) in [6, 6.07) is 13.3. The van der Waals surface area contributed by atoms with Crippen LogP contribution in [0.5, 0.6) is 0 Å². The number of primary amides is 1. The van der Waals surface area contributed by atoms with Crippen molar-refractivity contribution in [2.75, 3.05) is 10.8 Å². The molecule has 6 rings (SSSR count). The molecule has 0 radical (unpaired) electrons. The Kier molecular flexibility index (Phi) is 8.32. The zero-order valence-electron chi connectivity index (χ0n) is 25.5. The first-order valence-corrected chi connectivity index (χ1v) is 16.3. The summed E-state index contributed by atoms with van der Waals surface area (Å²) in [7, 11) is -0.609. The van der Waals surface area contributed by atoms with Crippen molar-refractivity contribution in [3.8, 4) is 0 Å². The van der Waals surface area contributed by atoms with Crippen molar-refractivity contribution in [2.24, 2.45) is 5.73 Å². The van der Waals surface area contributed by atoms with Gasteiger partial charge in [-0.25, -0.2) is 8.91 Å². The van der Waals surface area contributed by atoms with Crippen molar-refractivity contribution >= 4 is 52.6 Å². The highest BCUT2D eigenvalue weighted by Crippen LogP contribution is 2.45. The average molecular weight is 652 g/mol. The quantitative estimate of drug-likeness (QED) is 0.194. The molecule has 1 saturated heterocycles. The molecule has 1 unspecified atom stereocenters. The molecule has 2 aromatic carbocycles. The topological polar surface area (TPSA) is 122 Å². The Morgan fingerprint density at radius 2 is 1.78 bits per heavy atom. The van der Waals surface area contributed by atoms with E-state index in [0.29, 0.717) is 33.8 Å². The maximum Gasteiger partial charge on any atom is 0.496 e. The number of nitrogens with zero attached hydrogens (tertiary/aromatic N) is 3. The molecule has 1 saturated carbocycles. The van der Waals surface area contributed by atoms with Crippen molar-refractivity contribution in [3.05, 3.63) is 93.5 Å². The lowest BCUT2D eigenvalue weighted by Gasteiger charge is -2.32. The summed E-state index contributed by atoms with van der Waals surface area (Å²) in [5.41, 5.74) is 9.62. The predicted octanol–water partition coefficient (Wildman–Crippen LogP) is 4.84. The minimum Gasteiger partial charge on any atom is -0.755 e. The third-order valence-corrected chi connectivity index (χ3v) is 10.1. The van der Waals surface area contributed by atoms with E-state index in [0.717, 1.165) is 29.5 Å². The van der Waals surface area contributed by atoms with Gasteiger partial charge >= 0.3 is 7.12 Å². The third kappa shape index (κ3) is 6.26. The molecule has 2 fully saturated rings. The number of rotatable bonds is 10. The number of carbonyl (C=O) groups is 1. The van der Waals surface area contributed by atoms with E-state index in [1.807, 2.05) is 52.0 Å². The molecule has 0 bridgehead atoms. The van der Waals surface area contributed by atoms with Gasteiger partial charge in [-0.15, -0.1) is 0 Å². The van der Waals surface area contributed by atoms with Crippen LogP contribution in [0.25, 0.3) is 5.52 Å². The number of pyridine rings is 1. The molecular weight excluding hydrogens is 618 g/mol. The molecule has 1 aliphatic carbocycles. The normalized spacial score (nSPS) is 18.0. The fourth-order valence-corrected chi connectivity index (χ4v) is 6.50. The number of halogens is 2. The number of aromatic nitrogens is 2. The highest BCUT2D eigenvalue weighted by atomic mass is 35.5. The molecular formula is C32H34BClFN4O5S-. The Balaban J connectivity index is 1.29. The number of fused-ring (bicyclic) bond motifs is 1. The maximum absolute atomic E-state index is 13.5. The number of carbonyl (C=O) groups excluding carboxylic acids is 1. The van der Waals surface area contributed by atoms with E-state index in [-0.39, 0.29) is 30.3 Å². The Morgan fingerprint density at radius 3 is 2.36 bits per heavy atom. The largest absolute Gasteiger partial charge is 0.755 e. The van der Waals surface area contributed by atoms with Gasteiger partial charge in [-0.2, -0.15) is 5.10 Å². The molecule has 45 heavy (non-hydrogen) atoms. The highest BCUT2D eigenvalue weighted by Gasteiger charge is 2.52. The monoisotopic (exact) mass is 651 g/mol. The Morgan fingerprint density at radius 1 is 1.13 bits per heavy atom. The van der Waals surface area contributed by atoms with E-state index in [2.05, 4.69) is 5.10 Å². The van der Waals surface area contributed by atoms with E-state index in [9.17, 15) is 17.9 Å². The summed E-state index contributed by atoms with van der Waals surface area (Å²) >= 11 is 4.08. The van der Waals surface area contributed by atoms with Gasteiger partial charge in [-0.05, 0) is 93.8 Å². The van der Waals surface area contributed by atoms with Gasteiger partial charge in [-0.3, -0.25) is 9.00 Å². The van der Waals surface area contributed by atoms with Gasteiger partial charge in [0.15, 0.2) is 0 Å². The van der Waals surface area contributed by atoms with E-state index in [4.69, 9.17) is 26.6 Å². The van der Waals surface area contributed by atoms with Gasteiger partial charge in [-0.1, -0.05) is 35.9 Å². The number of hydrogen-bond acceptors (Lipinski definition) is 6. The Hall–Kier alpha value is -3.29. The second-order valence-corrected chi connectivity index (χ2v) is 14.0. The summed E-state index contributed by atoms with van der Waals surface area (Å²) in [4.78, 5) is 12.6. The van der Waals surface area contributed by atoms with Crippen molar-refractivity contribution in [1.82, 2.24) is 9.61 Å². The molecule has 1 atom stereocenters. The molecule has 9 nitrogen and oxygen atoms in total. The lowest BCUT2D eigenvalue weighted by Crippen LogP contribution is -2.41. The van der Waals surface area contributed by atoms with Crippen molar-refractivity contribution in [1.29, 1.82) is 0 Å². The molecule has 2 aromatic heterocycles. The predicted molar refractivity (Wildman–Crippen MR) is 172 cm³/mol. The van der Waals surface area contributed by atoms with Gasteiger partial charge in [0.05, 0.1) is 39.9 Å². The fourth-order valence-electron chi connectivity index (χ4n) is 5.66. The smallest absolute Gasteiger partial charge is 0.496 e. The second kappa shape index (κ2) is 11.8. The van der Waals surface area contributed by atoms with E-state index in [1.165, 1.54) is 21.0 Å². The number of nitrogens with two attached hydrogens (primary N) is 1. The first-order valence-electron chi connectivity index (χ1n) is 14.8. The van der Waals surface area contributed by atoms with E-state index >= 15 is 0 Å². The Bertz CT molecular complexity index is 1800. The molecule has 1 amide bonds. The summed E-state index contributed by atoms with van der Waals surface area (Å²) < 4.78 is 53.9. The van der Waals surface area contributed by atoms with Crippen LogP contribution in [-0.2, 0) is 33.4 Å². The van der Waals surface area contributed by atoms with Crippen LogP contribution in [0.15, 0.2) is 54.7 Å². The molecule has 0 spiro atoms. The van der Waals surface area contributed by atoms with Crippen LogP contribution in [0, 0.1) is 5.82 Å². The molecule has 13 heteroatoms. The number of anilines is 1. The van der Waals surface area contributed by atoms with Crippen molar-refractivity contribution < 1.29 is 27.3 Å². The Labute approximate surface area is 269 Å². The highest BCUT2D eigenvalue weighted by molar-refractivity contribution is 7.80. The fraction of sp³-hybridized carbons (Fsp3) is 0.375. The summed E-state index contributed by atoms with van der Waals surface area (Å²) in [5, 5.41) is 5.10. The SMILES string of the molecule is CC1(C)OB(c2ccc(CCN(c3cn4nc(Cc5ccc(F)cc5)c(C(N)=O)c4cc3C3CC3)S(=O)[O-])cc2Cl)OC1(C)C. The van der Waals surface area contributed by atoms with Crippen LogP contribution < -0.4 is 15.5 Å². The first kappa shape index (κ1) is 31.7. The number of benzene rings is 2. The zero-order chi connectivity index (χ0) is 32.3. The summed E-state index contributed by atoms with van der Waals surface area (Å²) in [5.74, 6) is -0.848. The number of hydrogen-bond donors (Lipinski definition) is 1. The third-order valence-electron chi connectivity index (χ3n) is 9.03. The molecule has 2 N–H and O–H groups in total. The first-order chi connectivity index (χ1) is 21.2. The van der Waals surface area contributed by atoms with E-state index in [1.54, 1.807) is 18.3 Å². The maximum atomic E-state index is 13.5. The van der Waals surface area contributed by atoms with Crippen molar-refractivity contribution in [2.45, 2.75) is 70.5 Å². The van der Waals surface area contributed by atoms with Crippen LogP contribution in [-0.4, -0.2) is 49.1 Å². The molecule has 2 aliphatic rings. The van der Waals surface area contributed by atoms with Gasteiger partial charge < -0.3 is 23.9 Å². The van der Waals surface area contributed by atoms with Crippen LogP contribution >= 0.6 is 11.6 Å². The summed E-state index contributed by atoms with van der Waals surface area (Å²) in [6.45, 7) is 8.06. The number of amides is 1. The van der Waals surface area contributed by atoms with Gasteiger partial charge in [0.1, 0.15) is 5.82 Å². The molecule has 236 valence electrons. The summed E-state index contributed by atoms with van der Waals surface area (Å²) in [6.07, 6.45) is 4.10. The minimum absolute atomic E-state index is 0.153. The average Bonchev–Trinajstić information content (AvgIpc) is 3.69. The second-order valence-electron chi connectivity index (χ2n) is 12.7. The minimum atomic E-state index is -2.60. The molecule has 1 aliphatic heterocycles. The van der Waals surface area contributed by atoms with Crippen LogP contribution in [0.4, 0.5) is 10.1 Å². The van der Waals surface area contributed by atoms with Crippen LogP contribution in [0.1, 0.15) is 79.2 Å². The lowest BCUT2D eigenvalue weighted by atomic mass is 9.78. The van der Waals surface area contributed by atoms with Crippen LogP contribution in [0.3, 0.4) is 0 Å². The van der Waals surface area contributed by atoms with Crippen molar-refractivity contribution in [3.63, 3.8) is 0 Å². The standard InChI is InChI=1S/C32H35BClFN4O5S/c1-31(2)32(3,4)44-33(43-31)24-12-7-20(15-25(24)34)13-14-39(45(41)42)28-18-38-27(17-23(28)21-8-9-21)29(30(36)40)26(37-38)16-19-5-10-22(35)11-6-19/h5-7,10-12,15,17-18,21H,8-9,13-14,16H2,1-4H3,(H2,36,40)(H,41,42)/p-1. The molecule has 3 heterocycles. The van der Waals surface area contributed by atoms with Gasteiger partial charge in [0.25, 0.3) is 5.91 Å².